The Kier molecular flexibility index (Phi) is 3.37. The van der Waals surface area contributed by atoms with E-state index in [1.54, 1.807) is 36.1 Å². The molecule has 0 saturated carbocycles. The second-order valence-electron chi connectivity index (χ2n) is 5.82. The van der Waals surface area contributed by atoms with Crippen LogP contribution in [0.25, 0.3) is 0 Å². The summed E-state index contributed by atoms with van der Waals surface area (Å²) in [6.07, 6.45) is 0. The van der Waals surface area contributed by atoms with Crippen LogP contribution < -0.4 is 14.8 Å². The van der Waals surface area contributed by atoms with Crippen molar-refractivity contribution in [3.8, 4) is 11.5 Å². The van der Waals surface area contributed by atoms with Crippen LogP contribution in [0.15, 0.2) is 42.5 Å². The molecule has 2 aromatic rings. The van der Waals surface area contributed by atoms with Crippen molar-refractivity contribution in [1.82, 2.24) is 4.90 Å². The molecule has 0 spiro atoms. The number of rotatable bonds is 3. The molecule has 0 fully saturated rings. The predicted octanol–water partition coefficient (Wildman–Crippen LogP) is 2.40. The fourth-order valence-corrected chi connectivity index (χ4v) is 2.95. The Morgan fingerprint density at radius 3 is 2.79 bits per heavy atom. The average Bonchev–Trinajstić information content (AvgIpc) is 3.18. The maximum absolute atomic E-state index is 12.5. The van der Waals surface area contributed by atoms with E-state index in [2.05, 4.69) is 5.32 Å². The van der Waals surface area contributed by atoms with Crippen molar-refractivity contribution >= 4 is 17.5 Å². The maximum Gasteiger partial charge on any atom is 0.255 e. The molecule has 0 aromatic heterocycles. The summed E-state index contributed by atoms with van der Waals surface area (Å²) >= 11 is 0. The summed E-state index contributed by atoms with van der Waals surface area (Å²) in [7, 11) is 0. The molecule has 0 bridgehead atoms. The van der Waals surface area contributed by atoms with Gasteiger partial charge in [0.2, 0.25) is 12.7 Å². The summed E-state index contributed by atoms with van der Waals surface area (Å²) in [5, 5.41) is 2.83. The summed E-state index contributed by atoms with van der Waals surface area (Å²) in [4.78, 5) is 26.6. The number of benzene rings is 2. The van der Waals surface area contributed by atoms with Crippen LogP contribution in [-0.2, 0) is 11.3 Å². The first-order valence-electron chi connectivity index (χ1n) is 7.73. The van der Waals surface area contributed by atoms with Gasteiger partial charge in [-0.15, -0.1) is 0 Å². The van der Waals surface area contributed by atoms with Gasteiger partial charge >= 0.3 is 0 Å². The lowest BCUT2D eigenvalue weighted by Gasteiger charge is -2.23. The highest BCUT2D eigenvalue weighted by molar-refractivity contribution is 6.03. The lowest BCUT2D eigenvalue weighted by molar-refractivity contribution is -0.120. The number of hydrogen-bond donors (Lipinski definition) is 1. The van der Waals surface area contributed by atoms with Crippen molar-refractivity contribution in [2.45, 2.75) is 19.5 Å². The van der Waals surface area contributed by atoms with E-state index in [-0.39, 0.29) is 18.6 Å². The molecule has 4 rings (SSSR count). The van der Waals surface area contributed by atoms with Crippen LogP contribution in [-0.4, -0.2) is 29.5 Å². The van der Waals surface area contributed by atoms with Crippen molar-refractivity contribution in [2.75, 3.05) is 12.1 Å². The monoisotopic (exact) mass is 324 g/mol. The largest absolute Gasteiger partial charge is 0.454 e. The smallest absolute Gasteiger partial charge is 0.255 e. The zero-order chi connectivity index (χ0) is 16.7. The third-order valence-electron chi connectivity index (χ3n) is 4.34. The lowest BCUT2D eigenvalue weighted by Crippen LogP contribution is -2.42. The molecule has 2 amide bonds. The molecule has 6 heteroatoms. The second-order valence-corrected chi connectivity index (χ2v) is 5.82. The van der Waals surface area contributed by atoms with E-state index in [9.17, 15) is 9.59 Å². The van der Waals surface area contributed by atoms with E-state index in [0.717, 1.165) is 5.56 Å². The Bertz CT molecular complexity index is 834. The molecule has 2 heterocycles. The van der Waals surface area contributed by atoms with Crippen LogP contribution in [0, 0.1) is 0 Å². The SMILES string of the molecule is CC(C(=O)Nc1ccc2c(c1)OCO2)N1Cc2ccccc2C1=O. The summed E-state index contributed by atoms with van der Waals surface area (Å²) < 4.78 is 10.6. The van der Waals surface area contributed by atoms with Crippen LogP contribution in [0.5, 0.6) is 11.5 Å². The molecule has 6 nitrogen and oxygen atoms in total. The van der Waals surface area contributed by atoms with Gasteiger partial charge in [0.15, 0.2) is 11.5 Å². The number of hydrogen-bond acceptors (Lipinski definition) is 4. The lowest BCUT2D eigenvalue weighted by atomic mass is 10.1. The highest BCUT2D eigenvalue weighted by Gasteiger charge is 2.33. The van der Waals surface area contributed by atoms with Crippen molar-refractivity contribution in [3.05, 3.63) is 53.6 Å². The fourth-order valence-electron chi connectivity index (χ4n) is 2.95. The van der Waals surface area contributed by atoms with Crippen LogP contribution in [0.2, 0.25) is 0 Å². The highest BCUT2D eigenvalue weighted by Crippen LogP contribution is 2.34. The van der Waals surface area contributed by atoms with E-state index >= 15 is 0 Å². The van der Waals surface area contributed by atoms with Crippen molar-refractivity contribution in [1.29, 1.82) is 0 Å². The van der Waals surface area contributed by atoms with Gasteiger partial charge in [-0.25, -0.2) is 0 Å². The molecule has 0 radical (unpaired) electrons. The van der Waals surface area contributed by atoms with E-state index < -0.39 is 6.04 Å². The summed E-state index contributed by atoms with van der Waals surface area (Å²) in [5.74, 6) is 0.908. The van der Waals surface area contributed by atoms with Crippen LogP contribution in [0.3, 0.4) is 0 Å². The van der Waals surface area contributed by atoms with Gasteiger partial charge in [0.25, 0.3) is 5.91 Å². The van der Waals surface area contributed by atoms with E-state index in [1.165, 1.54) is 0 Å². The minimum absolute atomic E-state index is 0.112. The number of carbonyl (C=O) groups excluding carboxylic acids is 2. The Labute approximate surface area is 139 Å². The Morgan fingerprint density at radius 2 is 1.96 bits per heavy atom. The molecule has 2 aliphatic heterocycles. The number of carbonyl (C=O) groups is 2. The molecular weight excluding hydrogens is 308 g/mol. The first kappa shape index (κ1) is 14.6. The Morgan fingerprint density at radius 1 is 1.17 bits per heavy atom. The zero-order valence-corrected chi connectivity index (χ0v) is 13.1. The van der Waals surface area contributed by atoms with Crippen LogP contribution in [0.1, 0.15) is 22.8 Å². The standard InChI is InChI=1S/C18H16N2O4/c1-11(20-9-12-4-2-3-5-14(12)18(20)22)17(21)19-13-6-7-15-16(8-13)24-10-23-15/h2-8,11H,9-10H2,1H3,(H,19,21). The quantitative estimate of drug-likeness (QED) is 0.941. The number of nitrogens with one attached hydrogen (secondary N) is 1. The van der Waals surface area contributed by atoms with Gasteiger partial charge in [-0.3, -0.25) is 9.59 Å². The third kappa shape index (κ3) is 2.36. The van der Waals surface area contributed by atoms with E-state index in [0.29, 0.717) is 29.3 Å². The van der Waals surface area contributed by atoms with Crippen molar-refractivity contribution in [3.63, 3.8) is 0 Å². The van der Waals surface area contributed by atoms with Crippen LogP contribution >= 0.6 is 0 Å². The Hall–Kier alpha value is -3.02. The number of fused-ring (bicyclic) bond motifs is 2. The second kappa shape index (κ2) is 5.56. The van der Waals surface area contributed by atoms with Gasteiger partial charge in [-0.05, 0) is 30.7 Å². The minimum atomic E-state index is -0.574. The van der Waals surface area contributed by atoms with E-state index in [1.807, 2.05) is 18.2 Å². The molecule has 2 aromatic carbocycles. The van der Waals surface area contributed by atoms with E-state index in [4.69, 9.17) is 9.47 Å². The van der Waals surface area contributed by atoms with Gasteiger partial charge in [-0.1, -0.05) is 18.2 Å². The van der Waals surface area contributed by atoms with Crippen molar-refractivity contribution < 1.29 is 19.1 Å². The average molecular weight is 324 g/mol. The van der Waals surface area contributed by atoms with Gasteiger partial charge in [0.1, 0.15) is 6.04 Å². The molecule has 1 unspecified atom stereocenters. The molecule has 1 atom stereocenters. The maximum atomic E-state index is 12.5. The first-order chi connectivity index (χ1) is 11.6. The molecule has 0 aliphatic carbocycles. The third-order valence-corrected chi connectivity index (χ3v) is 4.34. The van der Waals surface area contributed by atoms with Gasteiger partial charge in [0.05, 0.1) is 0 Å². The molecule has 0 saturated heterocycles. The highest BCUT2D eigenvalue weighted by atomic mass is 16.7. The number of anilines is 1. The van der Waals surface area contributed by atoms with Crippen LogP contribution in [0.4, 0.5) is 5.69 Å². The normalized spacial score (nSPS) is 16.0. The summed E-state index contributed by atoms with van der Waals surface area (Å²) in [6, 6.07) is 12.1. The Balaban J connectivity index is 1.48. The number of ether oxygens (including phenoxy) is 2. The zero-order valence-electron chi connectivity index (χ0n) is 13.1. The molecule has 2 aliphatic rings. The molecular formula is C18H16N2O4. The molecule has 122 valence electrons. The number of nitrogens with zero attached hydrogens (tertiary/aromatic N) is 1. The summed E-state index contributed by atoms with van der Waals surface area (Å²) in [5.41, 5.74) is 2.23. The predicted molar refractivity (Wildman–Crippen MR) is 87.0 cm³/mol. The minimum Gasteiger partial charge on any atom is -0.454 e. The van der Waals surface area contributed by atoms with Gasteiger partial charge in [0, 0.05) is 23.9 Å². The molecule has 1 N–H and O–H groups in total. The summed E-state index contributed by atoms with van der Waals surface area (Å²) in [6.45, 7) is 2.36. The fraction of sp³-hybridized carbons (Fsp3) is 0.222. The number of amides is 2. The van der Waals surface area contributed by atoms with Gasteiger partial charge < -0.3 is 19.7 Å². The van der Waals surface area contributed by atoms with Gasteiger partial charge in [-0.2, -0.15) is 0 Å². The molecule has 24 heavy (non-hydrogen) atoms. The van der Waals surface area contributed by atoms with Crippen molar-refractivity contribution in [2.24, 2.45) is 0 Å². The first-order valence-corrected chi connectivity index (χ1v) is 7.73. The topological polar surface area (TPSA) is 67.9 Å².